The summed E-state index contributed by atoms with van der Waals surface area (Å²) in [7, 11) is 0. The van der Waals surface area contributed by atoms with Crippen LogP contribution < -0.4 is 4.40 Å². The maximum atomic E-state index is 6.36. The molecule has 0 atom stereocenters. The first-order valence-electron chi connectivity index (χ1n) is 11.9. The predicted octanol–water partition coefficient (Wildman–Crippen LogP) is 7.82. The van der Waals surface area contributed by atoms with Gasteiger partial charge in [0.15, 0.2) is 0 Å². The van der Waals surface area contributed by atoms with E-state index in [0.717, 1.165) is 49.9 Å². The Hall–Kier alpha value is -3.18. The zero-order valence-electron chi connectivity index (χ0n) is 20.6. The summed E-state index contributed by atoms with van der Waals surface area (Å²) in [5.41, 5.74) is 7.58. The first-order chi connectivity index (χ1) is 16.2. The Morgan fingerprint density at radius 3 is 2.32 bits per heavy atom. The number of benzene rings is 4. The van der Waals surface area contributed by atoms with Gasteiger partial charge in [0.05, 0.1) is 0 Å². The molecule has 3 nitrogen and oxygen atoms in total. The van der Waals surface area contributed by atoms with Gasteiger partial charge >= 0.3 is 203 Å². The summed E-state index contributed by atoms with van der Waals surface area (Å²) in [4.78, 5) is 9.96. The van der Waals surface area contributed by atoms with Crippen molar-refractivity contribution >= 4 is 61.3 Å². The van der Waals surface area contributed by atoms with Gasteiger partial charge in [-0.15, -0.1) is 0 Å². The van der Waals surface area contributed by atoms with E-state index >= 15 is 0 Å². The number of fused-ring (bicyclic) bond motifs is 6. The molecule has 2 heterocycles. The third-order valence-electron chi connectivity index (χ3n) is 6.94. The number of hydrogen-bond acceptors (Lipinski definition) is 3. The van der Waals surface area contributed by atoms with Crippen molar-refractivity contribution in [1.82, 2.24) is 9.97 Å². The molecule has 34 heavy (non-hydrogen) atoms. The van der Waals surface area contributed by atoms with E-state index in [1.807, 2.05) is 19.1 Å². The Morgan fingerprint density at radius 2 is 1.53 bits per heavy atom. The van der Waals surface area contributed by atoms with Gasteiger partial charge in [-0.05, 0) is 0 Å². The molecule has 4 heteroatoms. The number of para-hydroxylation sites is 2. The van der Waals surface area contributed by atoms with E-state index in [-0.39, 0.29) is 0 Å². The van der Waals surface area contributed by atoms with E-state index in [2.05, 4.69) is 79.6 Å². The molecule has 0 radical (unpaired) electrons. The fraction of sp³-hybridized carbons (Fsp3) is 0.200. The third-order valence-corrected chi connectivity index (χ3v) is 11.7. The van der Waals surface area contributed by atoms with Crippen LogP contribution in [0.1, 0.15) is 17.0 Å². The van der Waals surface area contributed by atoms with Gasteiger partial charge in [-0.3, -0.25) is 0 Å². The minimum atomic E-state index is -2.09. The van der Waals surface area contributed by atoms with Gasteiger partial charge in [-0.2, -0.15) is 0 Å². The van der Waals surface area contributed by atoms with Crippen LogP contribution >= 0.6 is 0 Å². The number of furan rings is 1. The molecule has 0 saturated heterocycles. The van der Waals surface area contributed by atoms with Crippen LogP contribution in [0.3, 0.4) is 0 Å². The molecule has 0 unspecified atom stereocenters. The normalized spacial score (nSPS) is 12.4. The van der Waals surface area contributed by atoms with Crippen molar-refractivity contribution in [3.05, 3.63) is 77.6 Å². The fourth-order valence-corrected chi connectivity index (χ4v) is 11.1. The molecule has 4 aromatic carbocycles. The number of rotatable bonds is 2. The standard InChI is InChI=1S/C30H28GeN2O/c1-17-16-20-14-15-23-28(24-12-9-11-22-21-10-7-8-13-25(21)34-30(22)24)32-19(3)33-29(23)26(20)18(2)27(17)31(4,5)6/h7-16H,1-6H3. The first-order valence-corrected chi connectivity index (χ1v) is 19.2. The first kappa shape index (κ1) is 21.4. The third kappa shape index (κ3) is 3.10. The Morgan fingerprint density at radius 1 is 0.765 bits per heavy atom. The average molecular weight is 505 g/mol. The Labute approximate surface area is 202 Å². The summed E-state index contributed by atoms with van der Waals surface area (Å²) < 4.78 is 7.95. The van der Waals surface area contributed by atoms with Crippen LogP contribution in [0.15, 0.2) is 65.1 Å². The summed E-state index contributed by atoms with van der Waals surface area (Å²) >= 11 is -2.09. The van der Waals surface area contributed by atoms with Crippen molar-refractivity contribution in [2.45, 2.75) is 38.0 Å². The van der Waals surface area contributed by atoms with Gasteiger partial charge in [-0.25, -0.2) is 0 Å². The zero-order chi connectivity index (χ0) is 23.8. The predicted molar refractivity (Wildman–Crippen MR) is 147 cm³/mol. The van der Waals surface area contributed by atoms with E-state index in [0.29, 0.717) is 0 Å². The number of aryl methyl sites for hydroxylation is 3. The Bertz CT molecular complexity index is 1770. The molecule has 0 spiro atoms. The van der Waals surface area contributed by atoms with E-state index in [4.69, 9.17) is 14.4 Å². The quantitative estimate of drug-likeness (QED) is 0.178. The molecule has 0 aliphatic rings. The van der Waals surface area contributed by atoms with Crippen LogP contribution in [-0.2, 0) is 0 Å². The van der Waals surface area contributed by atoms with Gasteiger partial charge in [0.2, 0.25) is 0 Å². The molecular formula is C30H28GeN2O. The fourth-order valence-electron chi connectivity index (χ4n) is 5.86. The van der Waals surface area contributed by atoms with Gasteiger partial charge < -0.3 is 0 Å². The SMILES string of the molecule is Cc1nc(-c2cccc3c2oc2ccccc23)c2ccc3cc(C)[c]([Ge]([CH3])([CH3])[CH3])c(C)c3c2n1. The van der Waals surface area contributed by atoms with Crippen molar-refractivity contribution in [2.75, 3.05) is 0 Å². The topological polar surface area (TPSA) is 38.9 Å². The van der Waals surface area contributed by atoms with Gasteiger partial charge in [-0.1, -0.05) is 0 Å². The molecular weight excluding hydrogens is 477 g/mol. The summed E-state index contributed by atoms with van der Waals surface area (Å²) in [6.45, 7) is 6.55. The Kier molecular flexibility index (Phi) is 4.66. The van der Waals surface area contributed by atoms with E-state index in [1.165, 1.54) is 21.9 Å². The summed E-state index contributed by atoms with van der Waals surface area (Å²) in [6.07, 6.45) is 0. The molecule has 0 amide bonds. The van der Waals surface area contributed by atoms with E-state index < -0.39 is 13.3 Å². The number of hydrogen-bond donors (Lipinski definition) is 0. The molecule has 0 bridgehead atoms. The monoisotopic (exact) mass is 506 g/mol. The van der Waals surface area contributed by atoms with Crippen LogP contribution in [0.4, 0.5) is 0 Å². The van der Waals surface area contributed by atoms with Crippen LogP contribution in [0.5, 0.6) is 0 Å². The minimum absolute atomic E-state index is 0.780. The van der Waals surface area contributed by atoms with Gasteiger partial charge in [0.25, 0.3) is 0 Å². The van der Waals surface area contributed by atoms with Crippen molar-refractivity contribution in [3.63, 3.8) is 0 Å². The summed E-state index contributed by atoms with van der Waals surface area (Å²) in [5.74, 6) is 8.20. The molecule has 6 aromatic rings. The molecule has 0 fully saturated rings. The van der Waals surface area contributed by atoms with Gasteiger partial charge in [0.1, 0.15) is 0 Å². The second-order valence-electron chi connectivity index (χ2n) is 10.4. The molecule has 0 aliphatic heterocycles. The summed E-state index contributed by atoms with van der Waals surface area (Å²) in [6, 6.07) is 21.3. The number of aromatic nitrogens is 2. The van der Waals surface area contributed by atoms with Crippen LogP contribution in [0.2, 0.25) is 17.3 Å². The second kappa shape index (κ2) is 7.41. The van der Waals surface area contributed by atoms with Crippen molar-refractivity contribution < 1.29 is 4.42 Å². The van der Waals surface area contributed by atoms with Crippen molar-refractivity contribution in [3.8, 4) is 11.3 Å². The maximum absolute atomic E-state index is 6.36. The van der Waals surface area contributed by atoms with Crippen molar-refractivity contribution in [1.29, 1.82) is 0 Å². The second-order valence-corrected chi connectivity index (χ2v) is 20.9. The van der Waals surface area contributed by atoms with E-state index in [1.54, 1.807) is 4.40 Å². The average Bonchev–Trinajstić information content (AvgIpc) is 3.16. The molecule has 0 saturated carbocycles. The Balaban J connectivity index is 1.75. The van der Waals surface area contributed by atoms with Crippen LogP contribution in [-0.4, -0.2) is 23.2 Å². The van der Waals surface area contributed by atoms with E-state index in [9.17, 15) is 0 Å². The summed E-state index contributed by atoms with van der Waals surface area (Å²) in [5, 5.41) is 5.84. The molecule has 0 aliphatic carbocycles. The van der Waals surface area contributed by atoms with Crippen LogP contribution in [0, 0.1) is 20.8 Å². The molecule has 2 aromatic heterocycles. The molecule has 0 N–H and O–H groups in total. The zero-order valence-corrected chi connectivity index (χ0v) is 22.7. The van der Waals surface area contributed by atoms with Gasteiger partial charge in [0, 0.05) is 0 Å². The van der Waals surface area contributed by atoms with Crippen LogP contribution in [0.25, 0.3) is 54.9 Å². The molecule has 168 valence electrons. The molecule has 6 rings (SSSR count). The van der Waals surface area contributed by atoms with Crippen molar-refractivity contribution in [2.24, 2.45) is 0 Å². The number of nitrogens with zero attached hydrogens (tertiary/aromatic N) is 2.